The van der Waals surface area contributed by atoms with Crippen molar-refractivity contribution in [2.24, 2.45) is 5.92 Å². The number of unbranched alkanes of at least 4 members (excludes halogenated alkanes) is 5. The number of hydrogen-bond acceptors (Lipinski definition) is 5. The van der Waals surface area contributed by atoms with Gasteiger partial charge < -0.3 is 9.47 Å². The Labute approximate surface area is 178 Å². The standard InChI is InChI=1S/C24H44O5/c1-5-8-11-17-22(29-20(4)25)18-14-16-21(23(26)6-2)15-12-9-10-13-19-24(27)28-7-3/h21-22H,5-19H2,1-4H3. The summed E-state index contributed by atoms with van der Waals surface area (Å²) in [6, 6.07) is 0. The van der Waals surface area contributed by atoms with E-state index in [4.69, 9.17) is 9.47 Å². The van der Waals surface area contributed by atoms with Crippen LogP contribution in [0.5, 0.6) is 0 Å². The normalized spacial score (nSPS) is 13.0. The van der Waals surface area contributed by atoms with Crippen LogP contribution >= 0.6 is 0 Å². The highest BCUT2D eigenvalue weighted by Crippen LogP contribution is 2.22. The summed E-state index contributed by atoms with van der Waals surface area (Å²) in [5.41, 5.74) is 0. The quantitative estimate of drug-likeness (QED) is 0.187. The molecule has 0 bridgehead atoms. The Morgan fingerprint density at radius 2 is 1.38 bits per heavy atom. The highest BCUT2D eigenvalue weighted by molar-refractivity contribution is 5.80. The van der Waals surface area contributed by atoms with Crippen LogP contribution in [0.25, 0.3) is 0 Å². The summed E-state index contributed by atoms with van der Waals surface area (Å²) in [7, 11) is 0. The molecule has 0 spiro atoms. The third-order valence-corrected chi connectivity index (χ3v) is 5.33. The van der Waals surface area contributed by atoms with Crippen LogP contribution in [0.15, 0.2) is 0 Å². The van der Waals surface area contributed by atoms with Crippen LogP contribution in [0, 0.1) is 5.92 Å². The topological polar surface area (TPSA) is 69.7 Å². The molecule has 29 heavy (non-hydrogen) atoms. The largest absolute Gasteiger partial charge is 0.466 e. The summed E-state index contributed by atoms with van der Waals surface area (Å²) in [4.78, 5) is 35.0. The van der Waals surface area contributed by atoms with E-state index < -0.39 is 0 Å². The van der Waals surface area contributed by atoms with E-state index in [1.807, 2.05) is 13.8 Å². The van der Waals surface area contributed by atoms with Gasteiger partial charge in [-0.15, -0.1) is 0 Å². The maximum atomic E-state index is 12.3. The minimum absolute atomic E-state index is 0.0145. The van der Waals surface area contributed by atoms with Gasteiger partial charge in [0, 0.05) is 25.7 Å². The Bertz CT molecular complexity index is 447. The lowest BCUT2D eigenvalue weighted by molar-refractivity contribution is -0.147. The summed E-state index contributed by atoms with van der Waals surface area (Å²) in [6.45, 7) is 7.83. The fourth-order valence-corrected chi connectivity index (χ4v) is 3.71. The molecule has 0 aromatic heterocycles. The molecule has 0 fully saturated rings. The number of rotatable bonds is 19. The Hall–Kier alpha value is -1.39. The van der Waals surface area contributed by atoms with E-state index in [9.17, 15) is 14.4 Å². The van der Waals surface area contributed by atoms with E-state index >= 15 is 0 Å². The van der Waals surface area contributed by atoms with Gasteiger partial charge in [0.05, 0.1) is 6.61 Å². The summed E-state index contributed by atoms with van der Waals surface area (Å²) >= 11 is 0. The second-order valence-corrected chi connectivity index (χ2v) is 7.93. The average Bonchev–Trinajstić information content (AvgIpc) is 2.68. The van der Waals surface area contributed by atoms with Crippen molar-refractivity contribution in [2.45, 2.75) is 124 Å². The lowest BCUT2D eigenvalue weighted by atomic mass is 9.89. The summed E-state index contributed by atoms with van der Waals surface area (Å²) in [5, 5.41) is 0. The summed E-state index contributed by atoms with van der Waals surface area (Å²) in [5.74, 6) is 0.119. The van der Waals surface area contributed by atoms with E-state index in [1.54, 1.807) is 0 Å². The molecule has 0 rings (SSSR count). The minimum atomic E-state index is -0.212. The Morgan fingerprint density at radius 1 is 0.759 bits per heavy atom. The second-order valence-electron chi connectivity index (χ2n) is 7.93. The van der Waals surface area contributed by atoms with Gasteiger partial charge in [-0.25, -0.2) is 0 Å². The Morgan fingerprint density at radius 3 is 2.00 bits per heavy atom. The van der Waals surface area contributed by atoms with Crippen molar-refractivity contribution >= 4 is 17.7 Å². The molecule has 0 heterocycles. The monoisotopic (exact) mass is 412 g/mol. The molecule has 2 unspecified atom stereocenters. The first kappa shape index (κ1) is 27.6. The van der Waals surface area contributed by atoms with Crippen molar-refractivity contribution in [3.05, 3.63) is 0 Å². The predicted molar refractivity (Wildman–Crippen MR) is 117 cm³/mol. The van der Waals surface area contributed by atoms with Crippen molar-refractivity contribution in [1.29, 1.82) is 0 Å². The van der Waals surface area contributed by atoms with E-state index in [0.717, 1.165) is 77.0 Å². The van der Waals surface area contributed by atoms with Gasteiger partial charge in [-0.2, -0.15) is 0 Å². The molecular weight excluding hydrogens is 368 g/mol. The molecule has 0 saturated carbocycles. The molecule has 0 amide bonds. The maximum Gasteiger partial charge on any atom is 0.305 e. The zero-order chi connectivity index (χ0) is 21.9. The Kier molecular flexibility index (Phi) is 17.7. The summed E-state index contributed by atoms with van der Waals surface area (Å²) < 4.78 is 10.4. The lowest BCUT2D eigenvalue weighted by Gasteiger charge is -2.19. The molecule has 0 radical (unpaired) electrons. The van der Waals surface area contributed by atoms with Crippen LogP contribution < -0.4 is 0 Å². The number of ether oxygens (including phenoxy) is 2. The fraction of sp³-hybridized carbons (Fsp3) is 0.875. The number of carbonyl (C=O) groups excluding carboxylic acids is 3. The number of hydrogen-bond donors (Lipinski definition) is 0. The third kappa shape index (κ3) is 16.1. The number of ketones is 1. The van der Waals surface area contributed by atoms with Crippen LogP contribution in [0.1, 0.15) is 118 Å². The van der Waals surface area contributed by atoms with E-state index in [0.29, 0.717) is 25.2 Å². The van der Waals surface area contributed by atoms with E-state index in [-0.39, 0.29) is 24.0 Å². The summed E-state index contributed by atoms with van der Waals surface area (Å²) in [6.07, 6.45) is 12.8. The molecule has 170 valence electrons. The molecule has 0 aromatic carbocycles. The van der Waals surface area contributed by atoms with Crippen LogP contribution in [0.2, 0.25) is 0 Å². The van der Waals surface area contributed by atoms with Crippen LogP contribution in [-0.2, 0) is 23.9 Å². The van der Waals surface area contributed by atoms with Crippen LogP contribution in [0.3, 0.4) is 0 Å². The second kappa shape index (κ2) is 18.6. The van der Waals surface area contributed by atoms with Crippen LogP contribution in [0.4, 0.5) is 0 Å². The Balaban J connectivity index is 4.20. The van der Waals surface area contributed by atoms with Crippen molar-refractivity contribution in [1.82, 2.24) is 0 Å². The SMILES string of the molecule is CCCCCC(CCCC(CCCCCCC(=O)OCC)C(=O)CC)OC(C)=O. The third-order valence-electron chi connectivity index (χ3n) is 5.33. The van der Waals surface area contributed by atoms with Crippen LogP contribution in [-0.4, -0.2) is 30.4 Å². The van der Waals surface area contributed by atoms with Gasteiger partial charge >= 0.3 is 11.9 Å². The number of carbonyl (C=O) groups is 3. The van der Waals surface area contributed by atoms with E-state index in [1.165, 1.54) is 6.92 Å². The maximum absolute atomic E-state index is 12.3. The first-order chi connectivity index (χ1) is 13.9. The fourth-order valence-electron chi connectivity index (χ4n) is 3.71. The van der Waals surface area contributed by atoms with Crippen molar-refractivity contribution < 1.29 is 23.9 Å². The molecular formula is C24H44O5. The highest BCUT2D eigenvalue weighted by atomic mass is 16.5. The minimum Gasteiger partial charge on any atom is -0.466 e. The smallest absolute Gasteiger partial charge is 0.305 e. The molecule has 5 nitrogen and oxygen atoms in total. The van der Waals surface area contributed by atoms with Crippen molar-refractivity contribution in [2.75, 3.05) is 6.61 Å². The molecule has 0 aliphatic carbocycles. The molecule has 0 saturated heterocycles. The number of esters is 2. The van der Waals surface area contributed by atoms with Gasteiger partial charge in [0.25, 0.3) is 0 Å². The van der Waals surface area contributed by atoms with Crippen molar-refractivity contribution in [3.8, 4) is 0 Å². The molecule has 2 atom stereocenters. The molecule has 0 aromatic rings. The number of Topliss-reactive ketones (excluding diaryl/α,β-unsaturated/α-hetero) is 1. The lowest BCUT2D eigenvalue weighted by Crippen LogP contribution is -2.18. The predicted octanol–water partition coefficient (Wildman–Crippen LogP) is 6.17. The molecule has 0 aliphatic heterocycles. The van der Waals surface area contributed by atoms with Crippen molar-refractivity contribution in [3.63, 3.8) is 0 Å². The van der Waals surface area contributed by atoms with Gasteiger partial charge in [-0.1, -0.05) is 46.0 Å². The first-order valence-electron chi connectivity index (χ1n) is 11.8. The highest BCUT2D eigenvalue weighted by Gasteiger charge is 2.18. The first-order valence-corrected chi connectivity index (χ1v) is 11.8. The van der Waals surface area contributed by atoms with Gasteiger partial charge in [-0.05, 0) is 51.9 Å². The zero-order valence-electron chi connectivity index (χ0n) is 19.3. The van der Waals surface area contributed by atoms with E-state index in [2.05, 4.69) is 6.92 Å². The molecule has 0 N–H and O–H groups in total. The average molecular weight is 413 g/mol. The molecule has 0 aliphatic rings. The van der Waals surface area contributed by atoms with Gasteiger partial charge in [0.2, 0.25) is 0 Å². The van der Waals surface area contributed by atoms with Gasteiger partial charge in [0.15, 0.2) is 0 Å². The van der Waals surface area contributed by atoms with Gasteiger partial charge in [0.1, 0.15) is 11.9 Å². The zero-order valence-corrected chi connectivity index (χ0v) is 19.3. The van der Waals surface area contributed by atoms with Gasteiger partial charge in [-0.3, -0.25) is 14.4 Å². The molecule has 5 heteroatoms.